The number of nitrogens with zero attached hydrogens (tertiary/aromatic N) is 2. The highest BCUT2D eigenvalue weighted by Crippen LogP contribution is 2.23. The molecule has 0 aliphatic heterocycles. The van der Waals surface area contributed by atoms with Crippen molar-refractivity contribution in [3.05, 3.63) is 48.0 Å². The lowest BCUT2D eigenvalue weighted by molar-refractivity contribution is 0.533. The van der Waals surface area contributed by atoms with Crippen molar-refractivity contribution in [2.75, 3.05) is 0 Å². The maximum absolute atomic E-state index is 5.53. The fraction of sp³-hybridized carbons (Fsp3) is 0.200. The lowest BCUT2D eigenvalue weighted by Gasteiger charge is -2.02. The molecule has 3 rings (SSSR count). The topological polar surface area (TPSA) is 64.9 Å². The van der Waals surface area contributed by atoms with Crippen LogP contribution in [-0.4, -0.2) is 9.97 Å². The molecule has 1 aromatic carbocycles. The molecule has 0 amide bonds. The van der Waals surface area contributed by atoms with Crippen LogP contribution in [0.15, 0.2) is 40.9 Å². The SMILES string of the molecule is CCc1ccc(-c2cnc3nc(CN)oc3c2)cc1. The van der Waals surface area contributed by atoms with Gasteiger partial charge in [-0.15, -0.1) is 0 Å². The maximum Gasteiger partial charge on any atom is 0.210 e. The summed E-state index contributed by atoms with van der Waals surface area (Å²) < 4.78 is 5.53. The van der Waals surface area contributed by atoms with Crippen molar-refractivity contribution < 1.29 is 4.42 Å². The lowest BCUT2D eigenvalue weighted by Crippen LogP contribution is -1.95. The number of hydrogen-bond donors (Lipinski definition) is 1. The van der Waals surface area contributed by atoms with Crippen molar-refractivity contribution in [2.45, 2.75) is 19.9 Å². The average molecular weight is 253 g/mol. The normalized spacial score (nSPS) is 11.1. The molecule has 0 saturated carbocycles. The Labute approximate surface area is 111 Å². The Balaban J connectivity index is 2.03. The molecule has 0 radical (unpaired) electrons. The van der Waals surface area contributed by atoms with Gasteiger partial charge in [0.15, 0.2) is 11.2 Å². The van der Waals surface area contributed by atoms with Crippen LogP contribution in [0.2, 0.25) is 0 Å². The van der Waals surface area contributed by atoms with E-state index in [4.69, 9.17) is 10.2 Å². The molecule has 19 heavy (non-hydrogen) atoms. The Hall–Kier alpha value is -2.20. The summed E-state index contributed by atoms with van der Waals surface area (Å²) in [7, 11) is 0. The fourth-order valence-electron chi connectivity index (χ4n) is 2.04. The molecule has 4 heteroatoms. The van der Waals surface area contributed by atoms with Crippen molar-refractivity contribution in [1.29, 1.82) is 0 Å². The Morgan fingerprint density at radius 2 is 1.95 bits per heavy atom. The number of aromatic nitrogens is 2. The van der Waals surface area contributed by atoms with E-state index in [2.05, 4.69) is 41.2 Å². The summed E-state index contributed by atoms with van der Waals surface area (Å²) in [5, 5.41) is 0. The predicted octanol–water partition coefficient (Wildman–Crippen LogP) is 2.91. The van der Waals surface area contributed by atoms with E-state index in [1.807, 2.05) is 12.3 Å². The van der Waals surface area contributed by atoms with Crippen LogP contribution in [0.25, 0.3) is 22.4 Å². The molecule has 2 N–H and O–H groups in total. The smallest absolute Gasteiger partial charge is 0.210 e. The first-order chi connectivity index (χ1) is 9.30. The second-order valence-electron chi connectivity index (χ2n) is 4.41. The first kappa shape index (κ1) is 11.9. The van der Waals surface area contributed by atoms with Crippen molar-refractivity contribution in [1.82, 2.24) is 9.97 Å². The summed E-state index contributed by atoms with van der Waals surface area (Å²) in [6.45, 7) is 2.43. The van der Waals surface area contributed by atoms with Gasteiger partial charge < -0.3 is 10.2 Å². The Morgan fingerprint density at radius 3 is 2.63 bits per heavy atom. The Bertz CT molecular complexity index is 701. The van der Waals surface area contributed by atoms with Gasteiger partial charge in [-0.3, -0.25) is 0 Å². The molecule has 0 bridgehead atoms. The zero-order valence-electron chi connectivity index (χ0n) is 10.8. The molecule has 0 spiro atoms. The van der Waals surface area contributed by atoms with E-state index in [-0.39, 0.29) is 6.54 Å². The van der Waals surface area contributed by atoms with Gasteiger partial charge in [-0.25, -0.2) is 4.98 Å². The summed E-state index contributed by atoms with van der Waals surface area (Å²) in [5.41, 5.74) is 10.3. The highest BCUT2D eigenvalue weighted by molar-refractivity contribution is 5.76. The number of pyridine rings is 1. The molecule has 96 valence electrons. The minimum atomic E-state index is 0.289. The number of hydrogen-bond acceptors (Lipinski definition) is 4. The van der Waals surface area contributed by atoms with Gasteiger partial charge >= 0.3 is 0 Å². The second-order valence-corrected chi connectivity index (χ2v) is 4.41. The Morgan fingerprint density at radius 1 is 1.16 bits per heavy atom. The largest absolute Gasteiger partial charge is 0.438 e. The van der Waals surface area contributed by atoms with E-state index in [0.29, 0.717) is 17.1 Å². The quantitative estimate of drug-likeness (QED) is 0.779. The fourth-order valence-corrected chi connectivity index (χ4v) is 2.04. The molecular weight excluding hydrogens is 238 g/mol. The van der Waals surface area contributed by atoms with Crippen LogP contribution in [0.3, 0.4) is 0 Å². The minimum absolute atomic E-state index is 0.289. The molecule has 0 aliphatic rings. The monoisotopic (exact) mass is 253 g/mol. The molecule has 2 aromatic heterocycles. The van der Waals surface area contributed by atoms with Crippen LogP contribution in [0, 0.1) is 0 Å². The van der Waals surface area contributed by atoms with Gasteiger partial charge in [-0.05, 0) is 23.6 Å². The summed E-state index contributed by atoms with van der Waals surface area (Å²) in [5.74, 6) is 0.515. The van der Waals surface area contributed by atoms with Crippen LogP contribution in [0.5, 0.6) is 0 Å². The molecule has 0 aliphatic carbocycles. The molecule has 0 unspecified atom stereocenters. The highest BCUT2D eigenvalue weighted by atomic mass is 16.3. The average Bonchev–Trinajstić information content (AvgIpc) is 2.89. The predicted molar refractivity (Wildman–Crippen MR) is 74.5 cm³/mol. The second kappa shape index (κ2) is 4.82. The van der Waals surface area contributed by atoms with Gasteiger partial charge in [0.05, 0.1) is 6.54 Å². The van der Waals surface area contributed by atoms with Crippen molar-refractivity contribution in [2.24, 2.45) is 5.73 Å². The highest BCUT2D eigenvalue weighted by Gasteiger charge is 2.07. The standard InChI is InChI=1S/C15H15N3O/c1-2-10-3-5-11(6-4-10)12-7-13-15(17-9-12)18-14(8-16)19-13/h3-7,9H,2,8,16H2,1H3. The van der Waals surface area contributed by atoms with Gasteiger partial charge in [-0.1, -0.05) is 31.2 Å². The summed E-state index contributed by atoms with van der Waals surface area (Å²) in [6, 6.07) is 10.4. The number of nitrogens with two attached hydrogens (primary N) is 1. The molecule has 2 heterocycles. The third-order valence-electron chi connectivity index (χ3n) is 3.16. The van der Waals surface area contributed by atoms with Gasteiger partial charge in [0, 0.05) is 11.8 Å². The van der Waals surface area contributed by atoms with E-state index in [1.165, 1.54) is 5.56 Å². The number of benzene rings is 1. The van der Waals surface area contributed by atoms with E-state index in [0.717, 1.165) is 17.5 Å². The number of oxazole rings is 1. The molecule has 0 fully saturated rings. The van der Waals surface area contributed by atoms with E-state index in [9.17, 15) is 0 Å². The Kier molecular flexibility index (Phi) is 3.01. The minimum Gasteiger partial charge on any atom is -0.438 e. The van der Waals surface area contributed by atoms with Crippen LogP contribution in [0.1, 0.15) is 18.4 Å². The van der Waals surface area contributed by atoms with E-state index >= 15 is 0 Å². The van der Waals surface area contributed by atoms with Crippen molar-refractivity contribution in [3.8, 4) is 11.1 Å². The number of rotatable bonds is 3. The van der Waals surface area contributed by atoms with Crippen molar-refractivity contribution in [3.63, 3.8) is 0 Å². The van der Waals surface area contributed by atoms with Crippen LogP contribution in [0.4, 0.5) is 0 Å². The first-order valence-electron chi connectivity index (χ1n) is 6.35. The lowest BCUT2D eigenvalue weighted by atomic mass is 10.0. The van der Waals surface area contributed by atoms with Gasteiger partial charge in [0.2, 0.25) is 5.89 Å². The summed E-state index contributed by atoms with van der Waals surface area (Å²) in [6.07, 6.45) is 2.85. The zero-order valence-corrected chi connectivity index (χ0v) is 10.8. The van der Waals surface area contributed by atoms with Crippen LogP contribution < -0.4 is 5.73 Å². The van der Waals surface area contributed by atoms with Crippen molar-refractivity contribution >= 4 is 11.2 Å². The molecule has 4 nitrogen and oxygen atoms in total. The zero-order chi connectivity index (χ0) is 13.2. The number of fused-ring (bicyclic) bond motifs is 1. The third-order valence-corrected chi connectivity index (χ3v) is 3.16. The first-order valence-corrected chi connectivity index (χ1v) is 6.35. The molecule has 0 atom stereocenters. The molecule has 3 aromatic rings. The molecular formula is C15H15N3O. The van der Waals surface area contributed by atoms with Gasteiger partial charge in [-0.2, -0.15) is 4.98 Å². The maximum atomic E-state index is 5.53. The molecule has 0 saturated heterocycles. The van der Waals surface area contributed by atoms with E-state index in [1.54, 1.807) is 0 Å². The number of aryl methyl sites for hydroxylation is 1. The van der Waals surface area contributed by atoms with Crippen LogP contribution in [-0.2, 0) is 13.0 Å². The van der Waals surface area contributed by atoms with Gasteiger partial charge in [0.25, 0.3) is 0 Å². The summed E-state index contributed by atoms with van der Waals surface area (Å²) >= 11 is 0. The summed E-state index contributed by atoms with van der Waals surface area (Å²) in [4.78, 5) is 8.50. The van der Waals surface area contributed by atoms with Gasteiger partial charge in [0.1, 0.15) is 0 Å². The van der Waals surface area contributed by atoms with E-state index < -0.39 is 0 Å². The third kappa shape index (κ3) is 2.22. The van der Waals surface area contributed by atoms with Crippen LogP contribution >= 0.6 is 0 Å².